The van der Waals surface area contributed by atoms with E-state index in [1.807, 2.05) is 13.8 Å². The van der Waals surface area contributed by atoms with Crippen LogP contribution in [0.4, 0.5) is 0 Å². The van der Waals surface area contributed by atoms with E-state index in [-0.39, 0.29) is 30.1 Å². The highest BCUT2D eigenvalue weighted by Gasteiger charge is 2.25. The minimum Gasteiger partial charge on any atom is -0.353 e. The van der Waals surface area contributed by atoms with Gasteiger partial charge in [0.1, 0.15) is 6.04 Å². The van der Waals surface area contributed by atoms with Crippen LogP contribution >= 0.6 is 24.0 Å². The van der Waals surface area contributed by atoms with Crippen molar-refractivity contribution in [2.75, 3.05) is 19.6 Å². The molecule has 0 aliphatic carbocycles. The van der Waals surface area contributed by atoms with E-state index in [4.69, 9.17) is 11.6 Å². The number of halogens is 2. The first-order chi connectivity index (χ1) is 11.5. The molecule has 0 radical (unpaired) electrons. The van der Waals surface area contributed by atoms with E-state index in [0.717, 1.165) is 25.9 Å². The van der Waals surface area contributed by atoms with E-state index in [9.17, 15) is 9.59 Å². The Morgan fingerprint density at radius 1 is 1.08 bits per heavy atom. The Kier molecular flexibility index (Phi) is 12.3. The van der Waals surface area contributed by atoms with Crippen LogP contribution in [0.3, 0.4) is 0 Å². The van der Waals surface area contributed by atoms with Gasteiger partial charge in [-0.25, -0.2) is 0 Å². The molecule has 0 spiro atoms. The summed E-state index contributed by atoms with van der Waals surface area (Å²) in [5.74, 6) is -0.369. The van der Waals surface area contributed by atoms with Crippen molar-refractivity contribution >= 4 is 35.8 Å². The summed E-state index contributed by atoms with van der Waals surface area (Å²) in [6.07, 6.45) is 1.85. The SMILES string of the molecule is CCCNCCNC(=O)C(NC(=O)c1ccc(Cl)cc1)C(C)CC.Cl. The number of benzene rings is 1. The lowest BCUT2D eigenvalue weighted by atomic mass is 9.98. The molecule has 0 aromatic heterocycles. The Hall–Kier alpha value is -1.30. The molecule has 2 amide bonds. The van der Waals surface area contributed by atoms with E-state index in [0.29, 0.717) is 17.1 Å². The number of hydrogen-bond donors (Lipinski definition) is 3. The van der Waals surface area contributed by atoms with Gasteiger partial charge in [0, 0.05) is 23.7 Å². The van der Waals surface area contributed by atoms with Crippen molar-refractivity contribution < 1.29 is 9.59 Å². The number of amides is 2. The van der Waals surface area contributed by atoms with E-state index in [1.165, 1.54) is 0 Å². The molecule has 2 unspecified atom stereocenters. The highest BCUT2D eigenvalue weighted by molar-refractivity contribution is 6.30. The molecule has 1 aromatic carbocycles. The first kappa shape index (κ1) is 23.7. The van der Waals surface area contributed by atoms with Gasteiger partial charge in [-0.1, -0.05) is 38.8 Å². The summed E-state index contributed by atoms with van der Waals surface area (Å²) in [4.78, 5) is 24.8. The van der Waals surface area contributed by atoms with Gasteiger partial charge in [0.2, 0.25) is 5.91 Å². The molecule has 0 saturated carbocycles. The van der Waals surface area contributed by atoms with Crippen LogP contribution in [0.5, 0.6) is 0 Å². The maximum atomic E-state index is 12.4. The lowest BCUT2D eigenvalue weighted by Crippen LogP contribution is -2.51. The zero-order valence-corrected chi connectivity index (χ0v) is 16.7. The predicted molar refractivity (Wildman–Crippen MR) is 106 cm³/mol. The second-order valence-electron chi connectivity index (χ2n) is 5.88. The van der Waals surface area contributed by atoms with E-state index in [1.54, 1.807) is 24.3 Å². The molecule has 0 bridgehead atoms. The van der Waals surface area contributed by atoms with Crippen molar-refractivity contribution in [3.05, 3.63) is 34.9 Å². The molecule has 0 heterocycles. The molecule has 142 valence electrons. The minimum atomic E-state index is -0.552. The molecular weight excluding hydrogens is 361 g/mol. The average Bonchev–Trinajstić information content (AvgIpc) is 2.59. The van der Waals surface area contributed by atoms with Crippen LogP contribution in [0.2, 0.25) is 5.02 Å². The monoisotopic (exact) mass is 389 g/mol. The fourth-order valence-corrected chi connectivity index (χ4v) is 2.34. The van der Waals surface area contributed by atoms with Crippen molar-refractivity contribution in [1.82, 2.24) is 16.0 Å². The van der Waals surface area contributed by atoms with Gasteiger partial charge in [0.15, 0.2) is 0 Å². The third kappa shape index (κ3) is 8.56. The van der Waals surface area contributed by atoms with Crippen LogP contribution in [0, 0.1) is 5.92 Å². The quantitative estimate of drug-likeness (QED) is 0.538. The predicted octanol–water partition coefficient (Wildman–Crippen LogP) is 3.02. The van der Waals surface area contributed by atoms with Gasteiger partial charge in [-0.2, -0.15) is 0 Å². The Labute approximate surface area is 161 Å². The fraction of sp³-hybridized carbons (Fsp3) is 0.556. The molecule has 7 heteroatoms. The lowest BCUT2D eigenvalue weighted by Gasteiger charge is -2.23. The van der Waals surface area contributed by atoms with Crippen molar-refractivity contribution in [3.63, 3.8) is 0 Å². The number of carbonyl (C=O) groups excluding carboxylic acids is 2. The average molecular weight is 390 g/mol. The Balaban J connectivity index is 0.00000576. The van der Waals surface area contributed by atoms with Crippen LogP contribution in [-0.2, 0) is 4.79 Å². The number of hydrogen-bond acceptors (Lipinski definition) is 3. The molecule has 0 aliphatic heterocycles. The van der Waals surface area contributed by atoms with Crippen LogP contribution in [0.1, 0.15) is 44.0 Å². The summed E-state index contributed by atoms with van der Waals surface area (Å²) in [7, 11) is 0. The third-order valence-corrected chi connectivity index (χ3v) is 4.17. The molecule has 2 atom stereocenters. The summed E-state index contributed by atoms with van der Waals surface area (Å²) in [5.41, 5.74) is 0.491. The largest absolute Gasteiger partial charge is 0.353 e. The van der Waals surface area contributed by atoms with E-state index >= 15 is 0 Å². The van der Waals surface area contributed by atoms with Crippen LogP contribution in [0.15, 0.2) is 24.3 Å². The molecular formula is C18H29Cl2N3O2. The highest BCUT2D eigenvalue weighted by atomic mass is 35.5. The summed E-state index contributed by atoms with van der Waals surface area (Å²) in [6.45, 7) is 8.25. The number of nitrogens with one attached hydrogen (secondary N) is 3. The smallest absolute Gasteiger partial charge is 0.251 e. The normalized spacial score (nSPS) is 12.6. The number of rotatable bonds is 10. The van der Waals surface area contributed by atoms with Crippen LogP contribution in [-0.4, -0.2) is 37.5 Å². The molecule has 1 rings (SSSR count). The second-order valence-corrected chi connectivity index (χ2v) is 6.32. The van der Waals surface area contributed by atoms with Crippen molar-refractivity contribution in [2.45, 2.75) is 39.7 Å². The Morgan fingerprint density at radius 3 is 2.28 bits per heavy atom. The van der Waals surface area contributed by atoms with Gasteiger partial charge in [-0.15, -0.1) is 12.4 Å². The van der Waals surface area contributed by atoms with Gasteiger partial charge >= 0.3 is 0 Å². The molecule has 1 aromatic rings. The zero-order chi connectivity index (χ0) is 17.9. The highest BCUT2D eigenvalue weighted by Crippen LogP contribution is 2.12. The van der Waals surface area contributed by atoms with Crippen LogP contribution < -0.4 is 16.0 Å². The van der Waals surface area contributed by atoms with Crippen molar-refractivity contribution in [3.8, 4) is 0 Å². The molecule has 0 aliphatic rings. The van der Waals surface area contributed by atoms with Gasteiger partial charge < -0.3 is 16.0 Å². The summed E-state index contributed by atoms with van der Waals surface area (Å²) in [5, 5.41) is 9.53. The Bertz CT molecular complexity index is 524. The fourth-order valence-electron chi connectivity index (χ4n) is 2.21. The first-order valence-corrected chi connectivity index (χ1v) is 8.92. The van der Waals surface area contributed by atoms with Crippen molar-refractivity contribution in [1.29, 1.82) is 0 Å². The summed E-state index contributed by atoms with van der Waals surface area (Å²) >= 11 is 5.84. The van der Waals surface area contributed by atoms with Gasteiger partial charge in [-0.05, 0) is 43.1 Å². The van der Waals surface area contributed by atoms with Crippen molar-refractivity contribution in [2.24, 2.45) is 5.92 Å². The maximum Gasteiger partial charge on any atom is 0.251 e. The van der Waals surface area contributed by atoms with E-state index in [2.05, 4.69) is 22.9 Å². The third-order valence-electron chi connectivity index (χ3n) is 3.92. The van der Waals surface area contributed by atoms with Gasteiger partial charge in [-0.3, -0.25) is 9.59 Å². The molecule has 0 fully saturated rings. The second kappa shape index (κ2) is 13.0. The van der Waals surface area contributed by atoms with Gasteiger partial charge in [0.25, 0.3) is 5.91 Å². The molecule has 0 saturated heterocycles. The molecule has 5 nitrogen and oxygen atoms in total. The zero-order valence-electron chi connectivity index (χ0n) is 15.1. The van der Waals surface area contributed by atoms with Crippen LogP contribution in [0.25, 0.3) is 0 Å². The summed E-state index contributed by atoms with van der Waals surface area (Å²) < 4.78 is 0. The Morgan fingerprint density at radius 2 is 1.72 bits per heavy atom. The number of carbonyl (C=O) groups is 2. The first-order valence-electron chi connectivity index (χ1n) is 8.54. The lowest BCUT2D eigenvalue weighted by molar-refractivity contribution is -0.124. The maximum absolute atomic E-state index is 12.4. The molecule has 25 heavy (non-hydrogen) atoms. The summed E-state index contributed by atoms with van der Waals surface area (Å²) in [6, 6.07) is 6.07. The topological polar surface area (TPSA) is 70.2 Å². The van der Waals surface area contributed by atoms with E-state index < -0.39 is 6.04 Å². The standard InChI is InChI=1S/C18H28ClN3O2.ClH/c1-4-10-20-11-12-21-18(24)16(13(3)5-2)22-17(23)14-6-8-15(19)9-7-14;/h6-9,13,16,20H,4-5,10-12H2,1-3H3,(H,21,24)(H,22,23);1H. The minimum absolute atomic E-state index is 0. The van der Waals surface area contributed by atoms with Gasteiger partial charge in [0.05, 0.1) is 0 Å². The molecule has 3 N–H and O–H groups in total.